The lowest BCUT2D eigenvalue weighted by atomic mass is 10.0. The first kappa shape index (κ1) is 15.3. The highest BCUT2D eigenvalue weighted by molar-refractivity contribution is 5.91. The summed E-state index contributed by atoms with van der Waals surface area (Å²) in [4.78, 5) is 22.4. The summed E-state index contributed by atoms with van der Waals surface area (Å²) in [5.41, 5.74) is 0. The zero-order valence-corrected chi connectivity index (χ0v) is 11.3. The highest BCUT2D eigenvalue weighted by atomic mass is 16.6. The van der Waals surface area contributed by atoms with E-state index in [1.807, 2.05) is 6.92 Å². The number of carboxylic acids is 1. The first-order chi connectivity index (χ1) is 9.00. The zero-order valence-electron chi connectivity index (χ0n) is 11.3. The topological polar surface area (TPSA) is 84.9 Å². The van der Waals surface area contributed by atoms with Gasteiger partial charge in [0, 0.05) is 6.04 Å². The van der Waals surface area contributed by atoms with Crippen LogP contribution in [0.5, 0.6) is 0 Å². The van der Waals surface area contributed by atoms with E-state index >= 15 is 0 Å². The molecule has 0 fully saturated rings. The minimum atomic E-state index is -0.783. The summed E-state index contributed by atoms with van der Waals surface area (Å²) >= 11 is 0. The quantitative estimate of drug-likeness (QED) is 0.728. The van der Waals surface area contributed by atoms with E-state index in [2.05, 4.69) is 5.32 Å². The average Bonchev–Trinajstić information content (AvgIpc) is 2.39. The molecule has 6 nitrogen and oxygen atoms in total. The van der Waals surface area contributed by atoms with Crippen molar-refractivity contribution >= 4 is 11.9 Å². The number of ether oxygens (including phenoxy) is 2. The molecule has 0 aliphatic carbocycles. The molecule has 1 amide bonds. The van der Waals surface area contributed by atoms with Crippen LogP contribution in [0.2, 0.25) is 0 Å². The summed E-state index contributed by atoms with van der Waals surface area (Å²) in [5.74, 6) is -1.23. The Hall–Kier alpha value is -1.72. The molecule has 1 aliphatic rings. The van der Waals surface area contributed by atoms with Gasteiger partial charge in [-0.25, -0.2) is 0 Å². The minimum Gasteiger partial charge on any atom is -0.494 e. The largest absolute Gasteiger partial charge is 0.494 e. The van der Waals surface area contributed by atoms with Gasteiger partial charge in [0.2, 0.25) is 5.76 Å². The number of carbonyl (C=O) groups excluding carboxylic acids is 1. The Morgan fingerprint density at radius 1 is 1.37 bits per heavy atom. The standard InChI is InChI=1S/C13H21NO5/c1-9(13(16)17)4-3-5-10(2)14-12(15)11-8-18-6-7-19-11/h8-10H,3-7H2,1-2H3,(H,14,15)(H,16,17). The van der Waals surface area contributed by atoms with Gasteiger partial charge in [0.1, 0.15) is 19.5 Å². The third-order valence-corrected chi connectivity index (χ3v) is 2.95. The Morgan fingerprint density at radius 2 is 2.11 bits per heavy atom. The maximum absolute atomic E-state index is 11.7. The molecule has 2 atom stereocenters. The fourth-order valence-electron chi connectivity index (χ4n) is 1.71. The molecule has 0 spiro atoms. The summed E-state index contributed by atoms with van der Waals surface area (Å²) < 4.78 is 10.2. The Labute approximate surface area is 112 Å². The number of hydrogen-bond acceptors (Lipinski definition) is 4. The van der Waals surface area contributed by atoms with E-state index < -0.39 is 5.97 Å². The van der Waals surface area contributed by atoms with Crippen LogP contribution in [0.3, 0.4) is 0 Å². The number of amides is 1. The van der Waals surface area contributed by atoms with Crippen molar-refractivity contribution in [2.75, 3.05) is 13.2 Å². The van der Waals surface area contributed by atoms with Crippen molar-refractivity contribution < 1.29 is 24.2 Å². The van der Waals surface area contributed by atoms with Crippen LogP contribution in [0.1, 0.15) is 33.1 Å². The van der Waals surface area contributed by atoms with Crippen LogP contribution in [0, 0.1) is 5.92 Å². The van der Waals surface area contributed by atoms with Crippen molar-refractivity contribution in [3.8, 4) is 0 Å². The molecule has 0 bridgehead atoms. The molecule has 108 valence electrons. The van der Waals surface area contributed by atoms with E-state index in [9.17, 15) is 9.59 Å². The Bertz CT molecular complexity index is 353. The van der Waals surface area contributed by atoms with Crippen LogP contribution in [0.4, 0.5) is 0 Å². The summed E-state index contributed by atoms with van der Waals surface area (Å²) in [5, 5.41) is 11.5. The van der Waals surface area contributed by atoms with Crippen molar-refractivity contribution in [2.45, 2.75) is 39.2 Å². The van der Waals surface area contributed by atoms with E-state index in [1.54, 1.807) is 6.92 Å². The van der Waals surface area contributed by atoms with Gasteiger partial charge in [-0.3, -0.25) is 9.59 Å². The third-order valence-electron chi connectivity index (χ3n) is 2.95. The van der Waals surface area contributed by atoms with Crippen LogP contribution in [0.25, 0.3) is 0 Å². The Balaban J connectivity index is 2.23. The second-order valence-electron chi connectivity index (χ2n) is 4.75. The third kappa shape index (κ3) is 5.63. The van der Waals surface area contributed by atoms with E-state index in [-0.39, 0.29) is 23.6 Å². The van der Waals surface area contributed by atoms with Crippen LogP contribution < -0.4 is 5.32 Å². The van der Waals surface area contributed by atoms with Gasteiger partial charge in [-0.2, -0.15) is 0 Å². The van der Waals surface area contributed by atoms with Crippen LogP contribution in [0.15, 0.2) is 12.0 Å². The first-order valence-corrected chi connectivity index (χ1v) is 6.49. The molecule has 1 rings (SSSR count). The number of aliphatic carboxylic acids is 1. The van der Waals surface area contributed by atoms with E-state index in [0.29, 0.717) is 19.6 Å². The van der Waals surface area contributed by atoms with Gasteiger partial charge in [0.15, 0.2) is 0 Å². The monoisotopic (exact) mass is 271 g/mol. The molecule has 0 aromatic heterocycles. The SMILES string of the molecule is CC(CCCC(C)C(=O)O)NC(=O)C1=COCCO1. The second kappa shape index (κ2) is 7.66. The number of rotatable bonds is 7. The molecule has 6 heteroatoms. The van der Waals surface area contributed by atoms with Crippen molar-refractivity contribution in [2.24, 2.45) is 5.92 Å². The maximum Gasteiger partial charge on any atom is 0.306 e. The van der Waals surface area contributed by atoms with Gasteiger partial charge in [-0.1, -0.05) is 13.3 Å². The fourth-order valence-corrected chi connectivity index (χ4v) is 1.71. The number of carbonyl (C=O) groups is 2. The van der Waals surface area contributed by atoms with Gasteiger partial charge in [-0.15, -0.1) is 0 Å². The van der Waals surface area contributed by atoms with Crippen LogP contribution in [-0.4, -0.2) is 36.2 Å². The second-order valence-corrected chi connectivity index (χ2v) is 4.75. The van der Waals surface area contributed by atoms with Crippen molar-refractivity contribution in [3.05, 3.63) is 12.0 Å². The van der Waals surface area contributed by atoms with Crippen molar-refractivity contribution in [1.82, 2.24) is 5.32 Å². The van der Waals surface area contributed by atoms with E-state index in [0.717, 1.165) is 12.8 Å². The normalized spacial score (nSPS) is 17.5. The molecule has 1 heterocycles. The summed E-state index contributed by atoms with van der Waals surface area (Å²) in [7, 11) is 0. The smallest absolute Gasteiger partial charge is 0.306 e. The van der Waals surface area contributed by atoms with Crippen molar-refractivity contribution in [3.63, 3.8) is 0 Å². The summed E-state index contributed by atoms with van der Waals surface area (Å²) in [6.45, 7) is 4.40. The summed E-state index contributed by atoms with van der Waals surface area (Å²) in [6, 6.07) is -0.0279. The van der Waals surface area contributed by atoms with Gasteiger partial charge in [0.25, 0.3) is 5.91 Å². The Kier molecular flexibility index (Phi) is 6.18. The number of nitrogens with one attached hydrogen (secondary N) is 1. The molecule has 2 N–H and O–H groups in total. The predicted octanol–water partition coefficient (Wildman–Crippen LogP) is 1.27. The zero-order chi connectivity index (χ0) is 14.3. The molecule has 1 aliphatic heterocycles. The van der Waals surface area contributed by atoms with Crippen molar-refractivity contribution in [1.29, 1.82) is 0 Å². The number of hydrogen-bond donors (Lipinski definition) is 2. The molecular formula is C13H21NO5. The fraction of sp³-hybridized carbons (Fsp3) is 0.692. The van der Waals surface area contributed by atoms with E-state index in [1.165, 1.54) is 6.26 Å². The highest BCUT2D eigenvalue weighted by Gasteiger charge is 2.17. The van der Waals surface area contributed by atoms with Gasteiger partial charge in [-0.05, 0) is 19.8 Å². The lowest BCUT2D eigenvalue weighted by Crippen LogP contribution is -2.35. The minimum absolute atomic E-state index is 0.0279. The predicted molar refractivity (Wildman–Crippen MR) is 68.2 cm³/mol. The molecule has 19 heavy (non-hydrogen) atoms. The average molecular weight is 271 g/mol. The molecule has 0 aromatic carbocycles. The molecule has 0 saturated carbocycles. The summed E-state index contributed by atoms with van der Waals surface area (Å²) in [6.07, 6.45) is 3.42. The van der Waals surface area contributed by atoms with Gasteiger partial charge < -0.3 is 19.9 Å². The molecule has 0 saturated heterocycles. The maximum atomic E-state index is 11.7. The molecule has 2 unspecified atom stereocenters. The lowest BCUT2D eigenvalue weighted by Gasteiger charge is -2.18. The molecule has 0 radical (unpaired) electrons. The molecular weight excluding hydrogens is 250 g/mol. The van der Waals surface area contributed by atoms with Gasteiger partial charge in [0.05, 0.1) is 5.92 Å². The van der Waals surface area contributed by atoms with Crippen LogP contribution >= 0.6 is 0 Å². The van der Waals surface area contributed by atoms with E-state index in [4.69, 9.17) is 14.6 Å². The van der Waals surface area contributed by atoms with Crippen LogP contribution in [-0.2, 0) is 19.1 Å². The van der Waals surface area contributed by atoms with Gasteiger partial charge >= 0.3 is 5.97 Å². The number of carboxylic acid groups (broad SMARTS) is 1. The lowest BCUT2D eigenvalue weighted by molar-refractivity contribution is -0.141. The first-order valence-electron chi connectivity index (χ1n) is 6.49. The highest BCUT2D eigenvalue weighted by Crippen LogP contribution is 2.10. The molecule has 0 aromatic rings. The Morgan fingerprint density at radius 3 is 2.68 bits per heavy atom.